The molecule has 0 aliphatic carbocycles. The van der Waals surface area contributed by atoms with Gasteiger partial charge in [0.25, 0.3) is 0 Å². The third-order valence-corrected chi connectivity index (χ3v) is 3.73. The van der Waals surface area contributed by atoms with Gasteiger partial charge in [-0.3, -0.25) is 9.59 Å². The molecule has 1 aliphatic heterocycles. The number of anilines is 1. The summed E-state index contributed by atoms with van der Waals surface area (Å²) < 4.78 is 40.6. The molecule has 2 rings (SSSR count). The van der Waals surface area contributed by atoms with Crippen LogP contribution in [0.2, 0.25) is 0 Å². The largest absolute Gasteiger partial charge is 0.573 e. The Morgan fingerprint density at radius 1 is 1.48 bits per heavy atom. The standard InChI is InChI=1S/C14H15F3N2O3S/c1-23-8-12(20)18-11-5-6-19(13(11)21)9-3-2-4-10(7-9)22-14(15,16)17/h2-4,7,11H,5-6,8H2,1H3,(H,18,20)/t11-/m1/s1. The van der Waals surface area contributed by atoms with Crippen molar-refractivity contribution in [3.63, 3.8) is 0 Å². The number of ether oxygens (including phenoxy) is 1. The highest BCUT2D eigenvalue weighted by molar-refractivity contribution is 7.99. The molecule has 5 nitrogen and oxygen atoms in total. The molecular formula is C14H15F3N2O3S. The molecule has 1 aromatic rings. The average molecular weight is 348 g/mol. The predicted octanol–water partition coefficient (Wildman–Crippen LogP) is 2.17. The van der Waals surface area contributed by atoms with E-state index < -0.39 is 18.2 Å². The number of carbonyl (C=O) groups excluding carboxylic acids is 2. The Bertz CT molecular complexity index is 595. The summed E-state index contributed by atoms with van der Waals surface area (Å²) in [5.74, 6) is -0.730. The monoisotopic (exact) mass is 348 g/mol. The quantitative estimate of drug-likeness (QED) is 0.886. The van der Waals surface area contributed by atoms with Gasteiger partial charge < -0.3 is 15.0 Å². The molecule has 1 aromatic carbocycles. The van der Waals surface area contributed by atoms with Gasteiger partial charge in [0, 0.05) is 18.3 Å². The van der Waals surface area contributed by atoms with Crippen LogP contribution in [0.15, 0.2) is 24.3 Å². The van der Waals surface area contributed by atoms with Gasteiger partial charge in [-0.05, 0) is 24.8 Å². The Morgan fingerprint density at radius 3 is 2.87 bits per heavy atom. The Morgan fingerprint density at radius 2 is 2.22 bits per heavy atom. The maximum Gasteiger partial charge on any atom is 0.573 e. The van der Waals surface area contributed by atoms with Crippen molar-refractivity contribution in [1.82, 2.24) is 5.32 Å². The Kier molecular flexibility index (Phi) is 5.40. The first-order chi connectivity index (χ1) is 10.8. The van der Waals surface area contributed by atoms with Gasteiger partial charge in [-0.15, -0.1) is 13.2 Å². The van der Waals surface area contributed by atoms with Crippen molar-refractivity contribution in [3.8, 4) is 5.75 Å². The molecule has 0 aromatic heterocycles. The zero-order chi connectivity index (χ0) is 17.0. The number of hydrogen-bond acceptors (Lipinski definition) is 4. The zero-order valence-electron chi connectivity index (χ0n) is 12.2. The fourth-order valence-corrected chi connectivity index (χ4v) is 2.63. The summed E-state index contributed by atoms with van der Waals surface area (Å²) in [6.07, 6.45) is -2.61. The fraction of sp³-hybridized carbons (Fsp3) is 0.429. The molecule has 23 heavy (non-hydrogen) atoms. The summed E-state index contributed by atoms with van der Waals surface area (Å²) in [5, 5.41) is 2.62. The average Bonchev–Trinajstić information content (AvgIpc) is 2.79. The lowest BCUT2D eigenvalue weighted by atomic mass is 10.2. The highest BCUT2D eigenvalue weighted by Crippen LogP contribution is 2.29. The molecule has 9 heteroatoms. The minimum Gasteiger partial charge on any atom is -0.406 e. The number of nitrogens with one attached hydrogen (secondary N) is 1. The van der Waals surface area contributed by atoms with Crippen LogP contribution >= 0.6 is 11.8 Å². The van der Waals surface area contributed by atoms with Crippen molar-refractivity contribution < 1.29 is 27.5 Å². The molecule has 0 unspecified atom stereocenters. The van der Waals surface area contributed by atoms with Crippen LogP contribution in [0, 0.1) is 0 Å². The molecule has 2 amide bonds. The van der Waals surface area contributed by atoms with Crippen molar-refractivity contribution in [2.75, 3.05) is 23.5 Å². The van der Waals surface area contributed by atoms with Crippen molar-refractivity contribution in [2.24, 2.45) is 0 Å². The molecule has 0 radical (unpaired) electrons. The molecule has 1 fully saturated rings. The van der Waals surface area contributed by atoms with Crippen LogP contribution < -0.4 is 15.0 Å². The van der Waals surface area contributed by atoms with E-state index in [4.69, 9.17) is 0 Å². The molecule has 1 N–H and O–H groups in total. The number of thioether (sulfide) groups is 1. The number of nitrogens with zero attached hydrogens (tertiary/aromatic N) is 1. The Labute approximate surface area is 135 Å². The summed E-state index contributed by atoms with van der Waals surface area (Å²) in [6.45, 7) is 0.318. The second-order valence-electron chi connectivity index (χ2n) is 4.88. The third-order valence-electron chi connectivity index (χ3n) is 3.18. The predicted molar refractivity (Wildman–Crippen MR) is 80.4 cm³/mol. The summed E-state index contributed by atoms with van der Waals surface area (Å²) in [6, 6.07) is 4.56. The minimum absolute atomic E-state index is 0.244. The first kappa shape index (κ1) is 17.5. The zero-order valence-corrected chi connectivity index (χ0v) is 13.0. The van der Waals surface area contributed by atoms with Gasteiger partial charge >= 0.3 is 6.36 Å². The minimum atomic E-state index is -4.79. The van der Waals surface area contributed by atoms with Gasteiger partial charge in [-0.1, -0.05) is 6.07 Å². The maximum absolute atomic E-state index is 12.3. The van der Waals surface area contributed by atoms with Gasteiger partial charge in [0.1, 0.15) is 11.8 Å². The summed E-state index contributed by atoms with van der Waals surface area (Å²) in [5.41, 5.74) is 0.304. The van der Waals surface area contributed by atoms with Crippen LogP contribution in [0.3, 0.4) is 0 Å². The summed E-state index contributed by atoms with van der Waals surface area (Å²) in [7, 11) is 0. The first-order valence-electron chi connectivity index (χ1n) is 6.75. The van der Waals surface area contributed by atoms with Crippen LogP contribution in [0.5, 0.6) is 5.75 Å². The number of benzene rings is 1. The number of alkyl halides is 3. The van der Waals surface area contributed by atoms with Crippen LogP contribution in [-0.2, 0) is 9.59 Å². The highest BCUT2D eigenvalue weighted by Gasteiger charge is 2.34. The lowest BCUT2D eigenvalue weighted by molar-refractivity contribution is -0.274. The van der Waals surface area contributed by atoms with Crippen molar-refractivity contribution in [2.45, 2.75) is 18.8 Å². The Hall–Kier alpha value is -1.90. The number of hydrogen-bond donors (Lipinski definition) is 1. The van der Waals surface area contributed by atoms with Crippen LogP contribution in [0.4, 0.5) is 18.9 Å². The molecule has 126 valence electrons. The van der Waals surface area contributed by atoms with E-state index in [1.165, 1.54) is 28.8 Å². The molecule has 0 saturated carbocycles. The molecule has 1 saturated heterocycles. The normalized spacial score (nSPS) is 18.2. The van der Waals surface area contributed by atoms with Crippen LogP contribution in [-0.4, -0.2) is 42.8 Å². The number of amides is 2. The number of rotatable bonds is 5. The van der Waals surface area contributed by atoms with E-state index in [1.807, 2.05) is 0 Å². The maximum atomic E-state index is 12.3. The van der Waals surface area contributed by atoms with E-state index in [9.17, 15) is 22.8 Å². The van der Waals surface area contributed by atoms with E-state index in [2.05, 4.69) is 10.1 Å². The van der Waals surface area contributed by atoms with E-state index >= 15 is 0 Å². The second-order valence-corrected chi connectivity index (χ2v) is 5.74. The highest BCUT2D eigenvalue weighted by atomic mass is 32.2. The number of carbonyl (C=O) groups is 2. The van der Waals surface area contributed by atoms with Crippen LogP contribution in [0.25, 0.3) is 0 Å². The molecule has 1 heterocycles. The van der Waals surface area contributed by atoms with E-state index in [0.717, 1.165) is 12.1 Å². The fourth-order valence-electron chi connectivity index (χ4n) is 2.29. The van der Waals surface area contributed by atoms with Gasteiger partial charge in [-0.2, -0.15) is 11.8 Å². The van der Waals surface area contributed by atoms with E-state index in [1.54, 1.807) is 6.26 Å². The molecule has 1 aliphatic rings. The number of halogens is 3. The van der Waals surface area contributed by atoms with Crippen LogP contribution in [0.1, 0.15) is 6.42 Å². The smallest absolute Gasteiger partial charge is 0.406 e. The van der Waals surface area contributed by atoms with Gasteiger partial charge in [0.05, 0.1) is 5.75 Å². The van der Waals surface area contributed by atoms with Crippen molar-refractivity contribution in [1.29, 1.82) is 0 Å². The topological polar surface area (TPSA) is 58.6 Å². The molecule has 0 spiro atoms. The lowest BCUT2D eigenvalue weighted by Gasteiger charge is -2.18. The van der Waals surface area contributed by atoms with E-state index in [-0.39, 0.29) is 17.6 Å². The SMILES string of the molecule is CSCC(=O)N[C@@H]1CCN(c2cccc(OC(F)(F)F)c2)C1=O. The third kappa shape index (κ3) is 4.78. The van der Waals surface area contributed by atoms with Gasteiger partial charge in [0.15, 0.2) is 0 Å². The first-order valence-corrected chi connectivity index (χ1v) is 8.15. The second kappa shape index (κ2) is 7.12. The molecule has 0 bridgehead atoms. The van der Waals surface area contributed by atoms with E-state index in [0.29, 0.717) is 18.7 Å². The molecule has 1 atom stereocenters. The molecular weight excluding hydrogens is 333 g/mol. The van der Waals surface area contributed by atoms with Crippen molar-refractivity contribution in [3.05, 3.63) is 24.3 Å². The Balaban J connectivity index is 2.07. The lowest BCUT2D eigenvalue weighted by Crippen LogP contribution is -2.42. The van der Waals surface area contributed by atoms with Gasteiger partial charge in [-0.25, -0.2) is 0 Å². The van der Waals surface area contributed by atoms with Gasteiger partial charge in [0.2, 0.25) is 11.8 Å². The van der Waals surface area contributed by atoms with Crippen molar-refractivity contribution >= 4 is 29.3 Å². The summed E-state index contributed by atoms with van der Waals surface area (Å²) in [4.78, 5) is 25.2. The summed E-state index contributed by atoms with van der Waals surface area (Å²) >= 11 is 1.34.